The molecule has 0 unspecified atom stereocenters. The Labute approximate surface area is 108 Å². The average Bonchev–Trinajstić information content (AvgIpc) is 3.09. The number of nitrogen functional groups attached to an aromatic ring is 1. The first-order valence-electron chi connectivity index (χ1n) is 5.71. The normalized spacial score (nSPS) is 13.9. The number of amides is 1. The molecule has 0 atom stereocenters. The van der Waals surface area contributed by atoms with E-state index >= 15 is 0 Å². The molecule has 1 heterocycles. The number of aromatic nitrogens is 1. The standard InChI is InChI=1S/C12H17N3O.ClH/c1-2-15(8-9-3-4-9)12(16)10-7-14-6-5-11(10)13;/h5-7,9H,2-4,8H2,1H3,(H2,13,14);1H. The quantitative estimate of drug-likeness (QED) is 0.895. The highest BCUT2D eigenvalue weighted by atomic mass is 35.5. The molecule has 0 aliphatic heterocycles. The molecule has 0 spiro atoms. The summed E-state index contributed by atoms with van der Waals surface area (Å²) in [4.78, 5) is 18.0. The number of carbonyl (C=O) groups excluding carboxylic acids is 1. The molecular formula is C12H18ClN3O. The number of nitrogens with two attached hydrogens (primary N) is 1. The molecule has 0 saturated heterocycles. The monoisotopic (exact) mass is 255 g/mol. The highest BCUT2D eigenvalue weighted by Crippen LogP contribution is 2.30. The van der Waals surface area contributed by atoms with Crippen LogP contribution in [0, 0.1) is 5.92 Å². The lowest BCUT2D eigenvalue weighted by molar-refractivity contribution is 0.0757. The summed E-state index contributed by atoms with van der Waals surface area (Å²) in [6.07, 6.45) is 5.63. The van der Waals surface area contributed by atoms with Gasteiger partial charge in [-0.25, -0.2) is 0 Å². The van der Waals surface area contributed by atoms with Gasteiger partial charge in [0.1, 0.15) is 0 Å². The van der Waals surface area contributed by atoms with E-state index in [1.165, 1.54) is 12.8 Å². The fraction of sp³-hybridized carbons (Fsp3) is 0.500. The molecule has 1 fully saturated rings. The highest BCUT2D eigenvalue weighted by Gasteiger charge is 2.27. The second-order valence-corrected chi connectivity index (χ2v) is 4.25. The molecule has 5 heteroatoms. The van der Waals surface area contributed by atoms with Gasteiger partial charge in [-0.1, -0.05) is 0 Å². The van der Waals surface area contributed by atoms with E-state index in [1.54, 1.807) is 18.5 Å². The van der Waals surface area contributed by atoms with E-state index in [0.29, 0.717) is 17.2 Å². The minimum Gasteiger partial charge on any atom is -0.398 e. The average molecular weight is 256 g/mol. The summed E-state index contributed by atoms with van der Waals surface area (Å²) in [7, 11) is 0. The largest absolute Gasteiger partial charge is 0.398 e. The van der Waals surface area contributed by atoms with Crippen LogP contribution in [0.3, 0.4) is 0 Å². The number of nitrogens with zero attached hydrogens (tertiary/aromatic N) is 2. The third-order valence-corrected chi connectivity index (χ3v) is 2.93. The van der Waals surface area contributed by atoms with Crippen LogP contribution in [0.4, 0.5) is 5.69 Å². The lowest BCUT2D eigenvalue weighted by Crippen LogP contribution is -2.33. The molecule has 1 aliphatic rings. The summed E-state index contributed by atoms with van der Waals surface area (Å²) in [6.45, 7) is 3.57. The number of anilines is 1. The maximum Gasteiger partial charge on any atom is 0.257 e. The summed E-state index contributed by atoms with van der Waals surface area (Å²) in [6, 6.07) is 1.66. The molecule has 0 bridgehead atoms. The van der Waals surface area contributed by atoms with Gasteiger partial charge in [0, 0.05) is 31.2 Å². The number of hydrogen-bond donors (Lipinski definition) is 1. The number of hydrogen-bond acceptors (Lipinski definition) is 3. The molecule has 1 amide bonds. The van der Waals surface area contributed by atoms with Crippen molar-refractivity contribution < 1.29 is 4.79 Å². The first kappa shape index (κ1) is 13.8. The van der Waals surface area contributed by atoms with Gasteiger partial charge in [-0.2, -0.15) is 0 Å². The Morgan fingerprint density at radius 3 is 2.82 bits per heavy atom. The molecule has 94 valence electrons. The predicted octanol–water partition coefficient (Wildman–Crippen LogP) is 1.96. The Kier molecular flexibility index (Phi) is 4.75. The summed E-state index contributed by atoms with van der Waals surface area (Å²) >= 11 is 0. The number of rotatable bonds is 4. The molecule has 4 nitrogen and oxygen atoms in total. The van der Waals surface area contributed by atoms with E-state index < -0.39 is 0 Å². The van der Waals surface area contributed by atoms with Crippen LogP contribution < -0.4 is 5.73 Å². The van der Waals surface area contributed by atoms with Gasteiger partial charge in [0.15, 0.2) is 0 Å². The van der Waals surface area contributed by atoms with Crippen molar-refractivity contribution in [3.63, 3.8) is 0 Å². The Morgan fingerprint density at radius 1 is 1.59 bits per heavy atom. The van der Waals surface area contributed by atoms with Crippen molar-refractivity contribution >= 4 is 24.0 Å². The van der Waals surface area contributed by atoms with E-state index in [4.69, 9.17) is 5.73 Å². The smallest absolute Gasteiger partial charge is 0.257 e. The predicted molar refractivity (Wildman–Crippen MR) is 70.2 cm³/mol. The summed E-state index contributed by atoms with van der Waals surface area (Å²) < 4.78 is 0. The van der Waals surface area contributed by atoms with E-state index in [0.717, 1.165) is 13.1 Å². The minimum absolute atomic E-state index is 0. The molecule has 17 heavy (non-hydrogen) atoms. The van der Waals surface area contributed by atoms with Gasteiger partial charge in [0.05, 0.1) is 5.56 Å². The second kappa shape index (κ2) is 5.87. The maximum atomic E-state index is 12.2. The van der Waals surface area contributed by atoms with Crippen molar-refractivity contribution in [3.8, 4) is 0 Å². The first-order chi connectivity index (χ1) is 7.72. The zero-order valence-corrected chi connectivity index (χ0v) is 10.7. The van der Waals surface area contributed by atoms with Gasteiger partial charge < -0.3 is 10.6 Å². The second-order valence-electron chi connectivity index (χ2n) is 4.25. The molecule has 2 N–H and O–H groups in total. The molecule has 1 aromatic heterocycles. The molecule has 2 rings (SSSR count). The van der Waals surface area contributed by atoms with Crippen LogP contribution in [0.1, 0.15) is 30.1 Å². The van der Waals surface area contributed by atoms with Crippen LogP contribution in [0.2, 0.25) is 0 Å². The van der Waals surface area contributed by atoms with Crippen molar-refractivity contribution in [3.05, 3.63) is 24.0 Å². The zero-order valence-electron chi connectivity index (χ0n) is 9.93. The Bertz CT molecular complexity index is 393. The molecule has 1 aliphatic carbocycles. The van der Waals surface area contributed by atoms with Crippen LogP contribution in [0.25, 0.3) is 0 Å². The van der Waals surface area contributed by atoms with E-state index in [2.05, 4.69) is 4.98 Å². The van der Waals surface area contributed by atoms with E-state index in [9.17, 15) is 4.79 Å². The summed E-state index contributed by atoms with van der Waals surface area (Å²) in [5.74, 6) is 0.696. The lowest BCUT2D eigenvalue weighted by atomic mass is 10.2. The van der Waals surface area contributed by atoms with Gasteiger partial charge in [-0.05, 0) is 31.7 Å². The number of halogens is 1. The van der Waals surface area contributed by atoms with Crippen LogP contribution in [0.15, 0.2) is 18.5 Å². The Morgan fingerprint density at radius 2 is 2.29 bits per heavy atom. The fourth-order valence-corrected chi connectivity index (χ4v) is 1.72. The van der Waals surface area contributed by atoms with Crippen LogP contribution in [-0.2, 0) is 0 Å². The first-order valence-corrected chi connectivity index (χ1v) is 5.71. The highest BCUT2D eigenvalue weighted by molar-refractivity contribution is 5.98. The SMILES string of the molecule is CCN(CC1CC1)C(=O)c1cnccc1N.Cl. The summed E-state index contributed by atoms with van der Waals surface area (Å²) in [5.41, 5.74) is 6.80. The van der Waals surface area contributed by atoms with Crippen LogP contribution in [-0.4, -0.2) is 28.9 Å². The molecule has 0 aromatic carbocycles. The van der Waals surface area contributed by atoms with Gasteiger partial charge in [-0.15, -0.1) is 12.4 Å². The van der Waals surface area contributed by atoms with Gasteiger partial charge in [0.2, 0.25) is 0 Å². The Balaban J connectivity index is 0.00000144. The van der Waals surface area contributed by atoms with Crippen molar-refractivity contribution in [2.24, 2.45) is 5.92 Å². The van der Waals surface area contributed by atoms with Gasteiger partial charge in [0.25, 0.3) is 5.91 Å². The lowest BCUT2D eigenvalue weighted by Gasteiger charge is -2.21. The molecule has 1 saturated carbocycles. The third kappa shape index (κ3) is 3.33. The van der Waals surface area contributed by atoms with Crippen molar-refractivity contribution in [1.82, 2.24) is 9.88 Å². The zero-order chi connectivity index (χ0) is 11.5. The van der Waals surface area contributed by atoms with Crippen LogP contribution >= 0.6 is 12.4 Å². The third-order valence-electron chi connectivity index (χ3n) is 2.93. The van der Waals surface area contributed by atoms with Crippen molar-refractivity contribution in [2.45, 2.75) is 19.8 Å². The maximum absolute atomic E-state index is 12.2. The van der Waals surface area contributed by atoms with E-state index in [1.807, 2.05) is 11.8 Å². The Hall–Kier alpha value is -1.29. The van der Waals surface area contributed by atoms with Crippen LogP contribution in [0.5, 0.6) is 0 Å². The number of pyridine rings is 1. The topological polar surface area (TPSA) is 59.2 Å². The van der Waals surface area contributed by atoms with Gasteiger partial charge >= 0.3 is 0 Å². The van der Waals surface area contributed by atoms with E-state index in [-0.39, 0.29) is 18.3 Å². The fourth-order valence-electron chi connectivity index (χ4n) is 1.72. The van der Waals surface area contributed by atoms with Crippen molar-refractivity contribution in [2.75, 3.05) is 18.8 Å². The van der Waals surface area contributed by atoms with Crippen molar-refractivity contribution in [1.29, 1.82) is 0 Å². The minimum atomic E-state index is 0. The van der Waals surface area contributed by atoms with Gasteiger partial charge in [-0.3, -0.25) is 9.78 Å². The molecule has 1 aromatic rings. The molecule has 0 radical (unpaired) electrons. The number of carbonyl (C=O) groups is 1. The summed E-state index contributed by atoms with van der Waals surface area (Å²) in [5, 5.41) is 0. The molecular weight excluding hydrogens is 238 g/mol.